The molecule has 2 aromatic carbocycles. The number of nitrogens with two attached hydrogens (primary N) is 1. The third-order valence-corrected chi connectivity index (χ3v) is 4.19. The Morgan fingerprint density at radius 1 is 1.15 bits per heavy atom. The van der Waals surface area contributed by atoms with Crippen LogP contribution in [0.15, 0.2) is 53.3 Å². The predicted octanol–water partition coefficient (Wildman–Crippen LogP) is 2.67. The first-order valence-corrected chi connectivity index (χ1v) is 8.17. The average Bonchev–Trinajstić information content (AvgIpc) is 2.96. The molecule has 1 amide bonds. The molecule has 0 saturated heterocycles. The number of nitrogens with zero attached hydrogens (tertiary/aromatic N) is 3. The number of imidazole rings is 1. The molecule has 27 heavy (non-hydrogen) atoms. The van der Waals surface area contributed by atoms with E-state index in [9.17, 15) is 14.0 Å². The van der Waals surface area contributed by atoms with Crippen molar-refractivity contribution in [1.29, 1.82) is 0 Å². The molecule has 0 aliphatic heterocycles. The van der Waals surface area contributed by atoms with Crippen LogP contribution in [0.5, 0.6) is 0 Å². The fourth-order valence-electron chi connectivity index (χ4n) is 2.78. The molecular weight excluding hydrogens is 373 g/mol. The van der Waals surface area contributed by atoms with E-state index in [1.165, 1.54) is 22.8 Å². The van der Waals surface area contributed by atoms with Crippen molar-refractivity contribution in [2.24, 2.45) is 5.73 Å². The molecule has 3 N–H and O–H groups in total. The summed E-state index contributed by atoms with van der Waals surface area (Å²) >= 11 is 6.01. The Labute approximate surface area is 156 Å². The molecule has 2 heterocycles. The van der Waals surface area contributed by atoms with Crippen LogP contribution in [-0.2, 0) is 0 Å². The van der Waals surface area contributed by atoms with Gasteiger partial charge in [-0.3, -0.25) is 4.79 Å². The smallest absolute Gasteiger partial charge is 0.332 e. The van der Waals surface area contributed by atoms with Crippen LogP contribution in [0.25, 0.3) is 28.2 Å². The molecular formula is C18H11ClFN5O2. The fraction of sp³-hybridized carbons (Fsp3) is 0. The predicted molar refractivity (Wildman–Crippen MR) is 98.4 cm³/mol. The van der Waals surface area contributed by atoms with Gasteiger partial charge in [-0.1, -0.05) is 29.8 Å². The highest BCUT2D eigenvalue weighted by molar-refractivity contribution is 6.30. The van der Waals surface area contributed by atoms with Gasteiger partial charge in [-0.2, -0.15) is 0 Å². The summed E-state index contributed by atoms with van der Waals surface area (Å²) in [6, 6.07) is 12.4. The van der Waals surface area contributed by atoms with Gasteiger partial charge in [-0.15, -0.1) is 0 Å². The number of halogens is 2. The minimum absolute atomic E-state index is 0.0626. The first kappa shape index (κ1) is 16.9. The lowest BCUT2D eigenvalue weighted by molar-refractivity contribution is 0.0997. The lowest BCUT2D eigenvalue weighted by atomic mass is 10.2. The molecule has 0 saturated carbocycles. The number of hydrogen-bond acceptors (Lipinski definition) is 4. The Morgan fingerprint density at radius 3 is 2.63 bits per heavy atom. The standard InChI is InChI=1S/C18H11ClFN5O2/c19-9-4-3-5-10(8-9)25-17-14(23-18(25)27)13(15(21)26)22-16(24-17)11-6-1-2-7-12(11)20/h1-8H,(H2,21,26)(H,23,27). The van der Waals surface area contributed by atoms with Crippen molar-refractivity contribution in [3.63, 3.8) is 0 Å². The van der Waals surface area contributed by atoms with Crippen molar-refractivity contribution < 1.29 is 9.18 Å². The number of primary amides is 1. The molecule has 0 aliphatic carbocycles. The maximum absolute atomic E-state index is 14.2. The van der Waals surface area contributed by atoms with Gasteiger partial charge in [-0.05, 0) is 30.3 Å². The molecule has 0 spiro atoms. The van der Waals surface area contributed by atoms with E-state index in [1.807, 2.05) is 0 Å². The minimum atomic E-state index is -0.875. The summed E-state index contributed by atoms with van der Waals surface area (Å²) in [5, 5.41) is 0.409. The van der Waals surface area contributed by atoms with Gasteiger partial charge in [0, 0.05) is 5.02 Å². The Kier molecular flexibility index (Phi) is 3.97. The van der Waals surface area contributed by atoms with Crippen LogP contribution in [0, 0.1) is 5.82 Å². The van der Waals surface area contributed by atoms with Gasteiger partial charge in [0.25, 0.3) is 5.91 Å². The molecule has 0 fully saturated rings. The molecule has 7 nitrogen and oxygen atoms in total. The normalized spacial score (nSPS) is 11.0. The summed E-state index contributed by atoms with van der Waals surface area (Å²) in [6.45, 7) is 0. The van der Waals surface area contributed by atoms with Crippen molar-refractivity contribution in [2.45, 2.75) is 0 Å². The van der Waals surface area contributed by atoms with E-state index in [-0.39, 0.29) is 28.2 Å². The summed E-state index contributed by atoms with van der Waals surface area (Å²) in [7, 11) is 0. The average molecular weight is 384 g/mol. The highest BCUT2D eigenvalue weighted by atomic mass is 35.5. The van der Waals surface area contributed by atoms with Crippen molar-refractivity contribution in [3.05, 3.63) is 75.5 Å². The van der Waals surface area contributed by atoms with Crippen LogP contribution in [-0.4, -0.2) is 25.4 Å². The van der Waals surface area contributed by atoms with Crippen LogP contribution < -0.4 is 11.4 Å². The van der Waals surface area contributed by atoms with E-state index in [1.54, 1.807) is 30.3 Å². The third-order valence-electron chi connectivity index (χ3n) is 3.95. The number of amides is 1. The number of carbonyl (C=O) groups excluding carboxylic acids is 1. The molecule has 0 radical (unpaired) electrons. The number of H-pyrrole nitrogens is 1. The van der Waals surface area contributed by atoms with Crippen LogP contribution in [0.4, 0.5) is 4.39 Å². The first-order chi connectivity index (χ1) is 13.0. The van der Waals surface area contributed by atoms with E-state index >= 15 is 0 Å². The molecule has 0 aliphatic rings. The van der Waals surface area contributed by atoms with Crippen molar-refractivity contribution >= 4 is 28.7 Å². The molecule has 0 unspecified atom stereocenters. The highest BCUT2D eigenvalue weighted by Crippen LogP contribution is 2.24. The van der Waals surface area contributed by atoms with Crippen molar-refractivity contribution in [3.8, 4) is 17.1 Å². The number of fused-ring (bicyclic) bond motifs is 1. The number of aromatic amines is 1. The molecule has 0 atom stereocenters. The van der Waals surface area contributed by atoms with Gasteiger partial charge in [0.15, 0.2) is 17.2 Å². The largest absolute Gasteiger partial charge is 0.364 e. The first-order valence-electron chi connectivity index (χ1n) is 7.79. The summed E-state index contributed by atoms with van der Waals surface area (Å²) in [5.74, 6) is -1.51. The summed E-state index contributed by atoms with van der Waals surface area (Å²) in [5.41, 5.74) is 5.29. The lowest BCUT2D eigenvalue weighted by Crippen LogP contribution is -2.15. The monoisotopic (exact) mass is 383 g/mol. The zero-order chi connectivity index (χ0) is 19.1. The third kappa shape index (κ3) is 2.85. The molecule has 0 bridgehead atoms. The summed E-state index contributed by atoms with van der Waals surface area (Å²) < 4.78 is 15.4. The van der Waals surface area contributed by atoms with Crippen LogP contribution in [0.2, 0.25) is 5.02 Å². The number of rotatable bonds is 3. The fourth-order valence-corrected chi connectivity index (χ4v) is 2.97. The quantitative estimate of drug-likeness (QED) is 0.567. The maximum Gasteiger partial charge on any atom is 0.332 e. The molecule has 134 valence electrons. The maximum atomic E-state index is 14.2. The summed E-state index contributed by atoms with van der Waals surface area (Å²) in [4.78, 5) is 35.3. The molecule has 2 aromatic heterocycles. The molecule has 9 heteroatoms. The minimum Gasteiger partial charge on any atom is -0.364 e. The number of hydrogen-bond donors (Lipinski definition) is 2. The van der Waals surface area contributed by atoms with Gasteiger partial charge in [-0.25, -0.2) is 23.7 Å². The van der Waals surface area contributed by atoms with Crippen LogP contribution >= 0.6 is 11.6 Å². The van der Waals surface area contributed by atoms with E-state index in [4.69, 9.17) is 17.3 Å². The van der Waals surface area contributed by atoms with Gasteiger partial charge >= 0.3 is 5.69 Å². The Bertz CT molecular complexity index is 1260. The van der Waals surface area contributed by atoms with E-state index in [0.717, 1.165) is 0 Å². The molecule has 4 rings (SSSR count). The number of aromatic nitrogens is 4. The zero-order valence-electron chi connectivity index (χ0n) is 13.6. The second-order valence-electron chi connectivity index (χ2n) is 5.68. The van der Waals surface area contributed by atoms with Crippen molar-refractivity contribution in [2.75, 3.05) is 0 Å². The van der Waals surface area contributed by atoms with Gasteiger partial charge in [0.2, 0.25) is 0 Å². The second-order valence-corrected chi connectivity index (χ2v) is 6.12. The Balaban J connectivity index is 2.10. The topological polar surface area (TPSA) is 107 Å². The number of nitrogens with one attached hydrogen (secondary N) is 1. The van der Waals surface area contributed by atoms with E-state index in [2.05, 4.69) is 15.0 Å². The van der Waals surface area contributed by atoms with Crippen LogP contribution in [0.3, 0.4) is 0 Å². The second kappa shape index (κ2) is 6.33. The molecule has 4 aromatic rings. The van der Waals surface area contributed by atoms with Gasteiger partial charge in [0.1, 0.15) is 11.3 Å². The number of benzene rings is 2. The number of carbonyl (C=O) groups is 1. The van der Waals surface area contributed by atoms with Crippen molar-refractivity contribution in [1.82, 2.24) is 19.5 Å². The van der Waals surface area contributed by atoms with Gasteiger partial charge < -0.3 is 10.7 Å². The lowest BCUT2D eigenvalue weighted by Gasteiger charge is -2.07. The SMILES string of the molecule is NC(=O)c1nc(-c2ccccc2F)nc2c1[nH]c(=O)n2-c1cccc(Cl)c1. The Hall–Kier alpha value is -3.52. The van der Waals surface area contributed by atoms with E-state index < -0.39 is 17.4 Å². The van der Waals surface area contributed by atoms with E-state index in [0.29, 0.717) is 10.7 Å². The van der Waals surface area contributed by atoms with Crippen LogP contribution in [0.1, 0.15) is 10.5 Å². The highest BCUT2D eigenvalue weighted by Gasteiger charge is 2.21. The zero-order valence-corrected chi connectivity index (χ0v) is 14.4. The van der Waals surface area contributed by atoms with Gasteiger partial charge in [0.05, 0.1) is 11.3 Å². The summed E-state index contributed by atoms with van der Waals surface area (Å²) in [6.07, 6.45) is 0. The Morgan fingerprint density at radius 2 is 1.93 bits per heavy atom.